The van der Waals surface area contributed by atoms with Crippen LogP contribution in [0.2, 0.25) is 0 Å². The molecule has 0 aliphatic heterocycles. The number of carboxylic acid groups (broad SMARTS) is 1. The predicted octanol–water partition coefficient (Wildman–Crippen LogP) is 5.94. The summed E-state index contributed by atoms with van der Waals surface area (Å²) in [5.74, 6) is 0.577. The van der Waals surface area contributed by atoms with Crippen molar-refractivity contribution in [3.63, 3.8) is 0 Å². The molecule has 0 fully saturated rings. The van der Waals surface area contributed by atoms with E-state index in [-0.39, 0.29) is 23.6 Å². The Hall–Kier alpha value is -3.33. The number of aromatic nitrogens is 3. The van der Waals surface area contributed by atoms with Crippen molar-refractivity contribution in [3.8, 4) is 5.75 Å². The van der Waals surface area contributed by atoms with E-state index in [0.717, 1.165) is 5.75 Å². The van der Waals surface area contributed by atoms with E-state index in [1.54, 1.807) is 19.1 Å². The minimum atomic E-state index is -1.05. The highest BCUT2D eigenvalue weighted by Crippen LogP contribution is 2.30. The van der Waals surface area contributed by atoms with E-state index in [2.05, 4.69) is 41.5 Å². The minimum Gasteiger partial charge on any atom is -0.483 e. The highest BCUT2D eigenvalue weighted by molar-refractivity contribution is 8.00. The van der Waals surface area contributed by atoms with Crippen LogP contribution in [0.5, 0.6) is 5.75 Å². The fourth-order valence-corrected chi connectivity index (χ4v) is 4.49. The van der Waals surface area contributed by atoms with Gasteiger partial charge in [-0.05, 0) is 69.5 Å². The van der Waals surface area contributed by atoms with Gasteiger partial charge < -0.3 is 19.7 Å². The average molecular weight is 497 g/mol. The number of carbonyl (C=O) groups is 2. The molecular formula is C26H32N4O4S. The third-order valence-electron chi connectivity index (χ3n) is 5.46. The molecule has 1 heterocycles. The Morgan fingerprint density at radius 1 is 1.00 bits per heavy atom. The number of carbonyl (C=O) groups excluding carboxylic acids is 1. The first-order valence-electron chi connectivity index (χ1n) is 11.6. The van der Waals surface area contributed by atoms with Gasteiger partial charge in [0, 0.05) is 11.7 Å². The number of thioether (sulfide) groups is 1. The van der Waals surface area contributed by atoms with E-state index in [0.29, 0.717) is 22.6 Å². The minimum absolute atomic E-state index is 0.0550. The van der Waals surface area contributed by atoms with Gasteiger partial charge in [0.1, 0.15) is 5.75 Å². The smallest absolute Gasteiger partial charge is 0.335 e. The Kier molecular flexibility index (Phi) is 8.56. The van der Waals surface area contributed by atoms with Crippen LogP contribution < -0.4 is 10.1 Å². The van der Waals surface area contributed by atoms with Crippen molar-refractivity contribution in [1.82, 2.24) is 14.8 Å². The molecule has 2 N–H and O–H groups in total. The number of amides is 1. The van der Waals surface area contributed by atoms with Crippen LogP contribution in [0.4, 0.5) is 5.69 Å². The molecule has 0 bridgehead atoms. The van der Waals surface area contributed by atoms with Gasteiger partial charge in [0.15, 0.2) is 17.1 Å². The van der Waals surface area contributed by atoms with Crippen molar-refractivity contribution in [3.05, 3.63) is 65.5 Å². The van der Waals surface area contributed by atoms with Crippen LogP contribution in [0.3, 0.4) is 0 Å². The van der Waals surface area contributed by atoms with Crippen molar-refractivity contribution in [1.29, 1.82) is 0 Å². The monoisotopic (exact) mass is 496 g/mol. The lowest BCUT2D eigenvalue weighted by atomic mass is 10.0. The second-order valence-corrected chi connectivity index (χ2v) is 10.2. The molecule has 0 radical (unpaired) electrons. The Morgan fingerprint density at radius 3 is 2.29 bits per heavy atom. The van der Waals surface area contributed by atoms with Gasteiger partial charge in [-0.15, -0.1) is 10.2 Å². The number of anilines is 1. The Bertz CT molecular complexity index is 1170. The zero-order valence-corrected chi connectivity index (χ0v) is 21.7. The first-order chi connectivity index (χ1) is 16.6. The third kappa shape index (κ3) is 6.63. The van der Waals surface area contributed by atoms with Crippen LogP contribution in [0, 0.1) is 0 Å². The Labute approximate surface area is 210 Å². The lowest BCUT2D eigenvalue weighted by molar-refractivity contribution is -0.115. The fourth-order valence-electron chi connectivity index (χ4n) is 3.50. The number of hydrogen-bond donors (Lipinski definition) is 2. The van der Waals surface area contributed by atoms with Gasteiger partial charge in [0.05, 0.1) is 10.8 Å². The first-order valence-corrected chi connectivity index (χ1v) is 12.5. The van der Waals surface area contributed by atoms with Crippen LogP contribution in [-0.2, 0) is 4.79 Å². The molecule has 0 saturated carbocycles. The molecule has 2 unspecified atom stereocenters. The highest BCUT2D eigenvalue weighted by atomic mass is 32.2. The summed E-state index contributed by atoms with van der Waals surface area (Å²) in [4.78, 5) is 24.0. The Balaban J connectivity index is 1.72. The van der Waals surface area contributed by atoms with Crippen LogP contribution in [0.15, 0.2) is 53.7 Å². The number of carboxylic acids is 1. The maximum Gasteiger partial charge on any atom is 0.335 e. The van der Waals surface area contributed by atoms with E-state index in [4.69, 9.17) is 9.84 Å². The standard InChI is InChI=1S/C26H32N4O4S/c1-15(2)19-10-12-22(13-11-19)34-17(5)23-28-29-26(30(23)16(3)4)35-18(6)24(31)27-21-9-7-8-20(14-21)25(32)33/h7-18H,1-6H3,(H,27,31)(H,32,33). The average Bonchev–Trinajstić information content (AvgIpc) is 3.23. The zero-order valence-electron chi connectivity index (χ0n) is 20.9. The summed E-state index contributed by atoms with van der Waals surface area (Å²) in [7, 11) is 0. The summed E-state index contributed by atoms with van der Waals surface area (Å²) in [6.45, 7) is 12.1. The van der Waals surface area contributed by atoms with Crippen molar-refractivity contribution >= 4 is 29.3 Å². The van der Waals surface area contributed by atoms with Crippen molar-refractivity contribution in [2.75, 3.05) is 5.32 Å². The number of ether oxygens (including phenoxy) is 1. The largest absolute Gasteiger partial charge is 0.483 e. The summed E-state index contributed by atoms with van der Waals surface area (Å²) in [6.07, 6.45) is -0.341. The molecule has 3 rings (SSSR count). The molecule has 186 valence electrons. The summed E-state index contributed by atoms with van der Waals surface area (Å²) in [6, 6.07) is 14.3. The molecule has 0 aliphatic rings. The lowest BCUT2D eigenvalue weighted by Gasteiger charge is -2.20. The fraction of sp³-hybridized carbons (Fsp3) is 0.385. The zero-order chi connectivity index (χ0) is 25.7. The molecular weight excluding hydrogens is 464 g/mol. The highest BCUT2D eigenvalue weighted by Gasteiger charge is 2.25. The molecule has 35 heavy (non-hydrogen) atoms. The van der Waals surface area contributed by atoms with E-state index in [9.17, 15) is 9.59 Å². The van der Waals surface area contributed by atoms with Gasteiger partial charge in [-0.25, -0.2) is 4.79 Å². The molecule has 2 aromatic carbocycles. The lowest BCUT2D eigenvalue weighted by Crippen LogP contribution is -2.23. The molecule has 0 saturated heterocycles. The van der Waals surface area contributed by atoms with Crippen LogP contribution >= 0.6 is 11.8 Å². The molecule has 9 heteroatoms. The van der Waals surface area contributed by atoms with Gasteiger partial charge in [0.2, 0.25) is 5.91 Å². The van der Waals surface area contributed by atoms with Crippen molar-refractivity contribution < 1.29 is 19.4 Å². The van der Waals surface area contributed by atoms with Gasteiger partial charge in [0.25, 0.3) is 0 Å². The van der Waals surface area contributed by atoms with E-state index in [1.165, 1.54) is 29.5 Å². The summed E-state index contributed by atoms with van der Waals surface area (Å²) < 4.78 is 8.12. The summed E-state index contributed by atoms with van der Waals surface area (Å²) in [5, 5.41) is 20.8. The van der Waals surface area contributed by atoms with Crippen LogP contribution in [0.25, 0.3) is 0 Å². The molecule has 0 spiro atoms. The maximum atomic E-state index is 12.8. The SMILES string of the molecule is CC(Sc1nnc(C(C)Oc2ccc(C(C)C)cc2)n1C(C)C)C(=O)Nc1cccc(C(=O)O)c1. The first kappa shape index (κ1) is 26.3. The van der Waals surface area contributed by atoms with Crippen LogP contribution in [0.1, 0.15) is 81.4 Å². The number of rotatable bonds is 10. The van der Waals surface area contributed by atoms with E-state index >= 15 is 0 Å². The summed E-state index contributed by atoms with van der Waals surface area (Å²) in [5.41, 5.74) is 1.79. The van der Waals surface area contributed by atoms with Gasteiger partial charge in [-0.3, -0.25) is 4.79 Å². The van der Waals surface area contributed by atoms with Gasteiger partial charge in [-0.1, -0.05) is 43.8 Å². The number of nitrogens with one attached hydrogen (secondary N) is 1. The molecule has 3 aromatic rings. The van der Waals surface area contributed by atoms with Crippen molar-refractivity contribution in [2.24, 2.45) is 0 Å². The molecule has 1 aromatic heterocycles. The molecule has 8 nitrogen and oxygen atoms in total. The second-order valence-electron chi connectivity index (χ2n) is 8.92. The number of hydrogen-bond acceptors (Lipinski definition) is 6. The summed E-state index contributed by atoms with van der Waals surface area (Å²) >= 11 is 1.29. The van der Waals surface area contributed by atoms with E-state index < -0.39 is 11.2 Å². The number of aromatic carboxylic acids is 1. The molecule has 2 atom stereocenters. The topological polar surface area (TPSA) is 106 Å². The second kappa shape index (κ2) is 11.4. The molecule has 0 aliphatic carbocycles. The van der Waals surface area contributed by atoms with E-state index in [1.807, 2.05) is 37.5 Å². The third-order valence-corrected chi connectivity index (χ3v) is 6.52. The quantitative estimate of drug-likeness (QED) is 0.335. The number of benzene rings is 2. The Morgan fingerprint density at radius 2 is 1.69 bits per heavy atom. The van der Waals surface area contributed by atoms with Crippen molar-refractivity contribution in [2.45, 2.75) is 70.0 Å². The maximum absolute atomic E-state index is 12.8. The van der Waals surface area contributed by atoms with Crippen LogP contribution in [-0.4, -0.2) is 37.0 Å². The van der Waals surface area contributed by atoms with Gasteiger partial charge in [-0.2, -0.15) is 0 Å². The van der Waals surface area contributed by atoms with Gasteiger partial charge >= 0.3 is 5.97 Å². The molecule has 1 amide bonds. The predicted molar refractivity (Wildman–Crippen MR) is 137 cm³/mol. The number of nitrogens with zero attached hydrogens (tertiary/aromatic N) is 3. The normalized spacial score (nSPS) is 13.0.